The fourth-order valence-electron chi connectivity index (χ4n) is 3.17. The van der Waals surface area contributed by atoms with Crippen molar-refractivity contribution < 1.29 is 9.59 Å². The standard InChI is InChI=1S/C20H23N3O2/c1-13-4-6-17(7-5-13)23-9-8-18(19(23)24)22-20(25)21-16-11-14(2)10-15(3)12-16/h4-7,10-12,18H,8-9H2,1-3H3,(H2,21,22,25)/t18-/m0/s1. The van der Waals surface area contributed by atoms with Gasteiger partial charge in [-0.1, -0.05) is 23.8 Å². The summed E-state index contributed by atoms with van der Waals surface area (Å²) in [7, 11) is 0. The number of carbonyl (C=O) groups is 2. The summed E-state index contributed by atoms with van der Waals surface area (Å²) in [6.07, 6.45) is 0.604. The molecule has 25 heavy (non-hydrogen) atoms. The summed E-state index contributed by atoms with van der Waals surface area (Å²) in [6.45, 7) is 6.58. The Kier molecular flexibility index (Phi) is 4.74. The number of carbonyl (C=O) groups excluding carboxylic acids is 2. The summed E-state index contributed by atoms with van der Waals surface area (Å²) in [5.41, 5.74) is 4.92. The van der Waals surface area contributed by atoms with Crippen LogP contribution in [0.3, 0.4) is 0 Å². The number of anilines is 2. The molecule has 0 saturated carbocycles. The van der Waals surface area contributed by atoms with Gasteiger partial charge in [-0.15, -0.1) is 0 Å². The normalized spacial score (nSPS) is 16.8. The van der Waals surface area contributed by atoms with Crippen molar-refractivity contribution >= 4 is 23.3 Å². The predicted molar refractivity (Wildman–Crippen MR) is 100 cm³/mol. The molecule has 0 radical (unpaired) electrons. The number of rotatable bonds is 3. The van der Waals surface area contributed by atoms with E-state index in [1.807, 2.05) is 63.2 Å². The van der Waals surface area contributed by atoms with Crippen molar-refractivity contribution in [3.63, 3.8) is 0 Å². The van der Waals surface area contributed by atoms with Gasteiger partial charge in [0.25, 0.3) is 0 Å². The molecular weight excluding hydrogens is 314 g/mol. The second kappa shape index (κ2) is 6.97. The monoisotopic (exact) mass is 337 g/mol. The van der Waals surface area contributed by atoms with E-state index in [1.165, 1.54) is 0 Å². The van der Waals surface area contributed by atoms with Gasteiger partial charge < -0.3 is 15.5 Å². The Labute approximate surface area is 148 Å². The number of aryl methyl sites for hydroxylation is 3. The van der Waals surface area contributed by atoms with Crippen LogP contribution < -0.4 is 15.5 Å². The lowest BCUT2D eigenvalue weighted by atomic mass is 10.1. The molecule has 0 bridgehead atoms. The Balaban J connectivity index is 1.62. The fraction of sp³-hybridized carbons (Fsp3) is 0.300. The highest BCUT2D eigenvalue weighted by atomic mass is 16.2. The van der Waals surface area contributed by atoms with Crippen molar-refractivity contribution in [3.05, 3.63) is 59.2 Å². The maximum absolute atomic E-state index is 12.6. The minimum absolute atomic E-state index is 0.0700. The lowest BCUT2D eigenvalue weighted by Gasteiger charge is -2.17. The SMILES string of the molecule is Cc1ccc(N2CC[C@H](NC(=O)Nc3cc(C)cc(C)c3)C2=O)cc1. The molecule has 1 saturated heterocycles. The summed E-state index contributed by atoms with van der Waals surface area (Å²) < 4.78 is 0. The van der Waals surface area contributed by atoms with Crippen molar-refractivity contribution in [2.45, 2.75) is 33.2 Å². The van der Waals surface area contributed by atoms with Crippen LogP contribution in [0.15, 0.2) is 42.5 Å². The number of urea groups is 1. The summed E-state index contributed by atoms with van der Waals surface area (Å²) in [6, 6.07) is 12.8. The molecule has 1 aliphatic rings. The second-order valence-electron chi connectivity index (χ2n) is 6.64. The third kappa shape index (κ3) is 3.99. The number of benzene rings is 2. The minimum atomic E-state index is -0.493. The largest absolute Gasteiger partial charge is 0.326 e. The zero-order chi connectivity index (χ0) is 18.0. The molecule has 2 N–H and O–H groups in total. The first kappa shape index (κ1) is 17.0. The number of hydrogen-bond acceptors (Lipinski definition) is 2. The van der Waals surface area contributed by atoms with Crippen LogP contribution in [0.4, 0.5) is 16.2 Å². The van der Waals surface area contributed by atoms with E-state index in [-0.39, 0.29) is 11.9 Å². The van der Waals surface area contributed by atoms with Crippen molar-refractivity contribution in [3.8, 4) is 0 Å². The molecular formula is C20H23N3O2. The van der Waals surface area contributed by atoms with Crippen molar-refractivity contribution in [2.75, 3.05) is 16.8 Å². The van der Waals surface area contributed by atoms with Crippen LogP contribution in [0.1, 0.15) is 23.1 Å². The van der Waals surface area contributed by atoms with Gasteiger partial charge in [0.2, 0.25) is 5.91 Å². The van der Waals surface area contributed by atoms with Gasteiger partial charge >= 0.3 is 6.03 Å². The van der Waals surface area contributed by atoms with E-state index in [2.05, 4.69) is 10.6 Å². The Hall–Kier alpha value is -2.82. The van der Waals surface area contributed by atoms with Gasteiger partial charge in [-0.25, -0.2) is 4.79 Å². The first-order valence-corrected chi connectivity index (χ1v) is 8.46. The first-order chi connectivity index (χ1) is 11.9. The maximum atomic E-state index is 12.6. The predicted octanol–water partition coefficient (Wildman–Crippen LogP) is 3.54. The topological polar surface area (TPSA) is 61.4 Å². The quantitative estimate of drug-likeness (QED) is 0.900. The summed E-state index contributed by atoms with van der Waals surface area (Å²) in [5, 5.41) is 5.60. The molecule has 1 fully saturated rings. The lowest BCUT2D eigenvalue weighted by Crippen LogP contribution is -2.43. The van der Waals surface area contributed by atoms with E-state index >= 15 is 0 Å². The first-order valence-electron chi connectivity index (χ1n) is 8.46. The molecule has 1 atom stereocenters. The van der Waals surface area contributed by atoms with Crippen molar-refractivity contribution in [1.29, 1.82) is 0 Å². The van der Waals surface area contributed by atoms with Crippen LogP contribution in [0.5, 0.6) is 0 Å². The molecule has 0 aliphatic carbocycles. The Bertz CT molecular complexity index is 779. The van der Waals surface area contributed by atoms with Gasteiger partial charge in [0.05, 0.1) is 0 Å². The van der Waals surface area contributed by atoms with Crippen LogP contribution in [0, 0.1) is 20.8 Å². The van der Waals surface area contributed by atoms with E-state index in [0.717, 1.165) is 28.1 Å². The van der Waals surface area contributed by atoms with E-state index in [1.54, 1.807) is 4.90 Å². The van der Waals surface area contributed by atoms with Crippen LogP contribution >= 0.6 is 0 Å². The van der Waals surface area contributed by atoms with Crippen molar-refractivity contribution in [1.82, 2.24) is 5.32 Å². The summed E-state index contributed by atoms with van der Waals surface area (Å²) >= 11 is 0. The van der Waals surface area contributed by atoms with Gasteiger partial charge in [0, 0.05) is 17.9 Å². The van der Waals surface area contributed by atoms with Crippen LogP contribution in [-0.4, -0.2) is 24.5 Å². The van der Waals surface area contributed by atoms with E-state index < -0.39 is 6.04 Å². The van der Waals surface area contributed by atoms with Gasteiger partial charge in [0.1, 0.15) is 6.04 Å². The molecule has 5 heteroatoms. The molecule has 2 aromatic carbocycles. The maximum Gasteiger partial charge on any atom is 0.319 e. The van der Waals surface area contributed by atoms with Gasteiger partial charge in [-0.3, -0.25) is 4.79 Å². The lowest BCUT2D eigenvalue weighted by molar-refractivity contribution is -0.118. The molecule has 0 aromatic heterocycles. The number of hydrogen-bond donors (Lipinski definition) is 2. The van der Waals surface area contributed by atoms with Crippen LogP contribution in [0.25, 0.3) is 0 Å². The number of amides is 3. The highest BCUT2D eigenvalue weighted by Crippen LogP contribution is 2.22. The minimum Gasteiger partial charge on any atom is -0.326 e. The molecule has 1 aliphatic heterocycles. The Morgan fingerprint density at radius 2 is 1.64 bits per heavy atom. The third-order valence-electron chi connectivity index (χ3n) is 4.34. The number of nitrogens with zero attached hydrogens (tertiary/aromatic N) is 1. The van der Waals surface area contributed by atoms with E-state index in [0.29, 0.717) is 13.0 Å². The average Bonchev–Trinajstić information content (AvgIpc) is 2.88. The molecule has 3 rings (SSSR count). The van der Waals surface area contributed by atoms with Crippen molar-refractivity contribution in [2.24, 2.45) is 0 Å². The molecule has 3 amide bonds. The Morgan fingerprint density at radius 1 is 1.00 bits per heavy atom. The molecule has 5 nitrogen and oxygen atoms in total. The van der Waals surface area contributed by atoms with Crippen LogP contribution in [0.2, 0.25) is 0 Å². The van der Waals surface area contributed by atoms with Crippen LogP contribution in [-0.2, 0) is 4.79 Å². The number of nitrogens with one attached hydrogen (secondary N) is 2. The highest BCUT2D eigenvalue weighted by Gasteiger charge is 2.33. The summed E-state index contributed by atoms with van der Waals surface area (Å²) in [5.74, 6) is -0.0700. The zero-order valence-corrected chi connectivity index (χ0v) is 14.8. The molecule has 1 heterocycles. The molecule has 0 spiro atoms. The molecule has 130 valence electrons. The second-order valence-corrected chi connectivity index (χ2v) is 6.64. The van der Waals surface area contributed by atoms with E-state index in [9.17, 15) is 9.59 Å². The molecule has 0 unspecified atom stereocenters. The smallest absolute Gasteiger partial charge is 0.319 e. The van der Waals surface area contributed by atoms with Gasteiger partial charge in [-0.2, -0.15) is 0 Å². The van der Waals surface area contributed by atoms with Gasteiger partial charge in [0.15, 0.2) is 0 Å². The Morgan fingerprint density at radius 3 is 2.28 bits per heavy atom. The average molecular weight is 337 g/mol. The fourth-order valence-corrected chi connectivity index (χ4v) is 3.17. The highest BCUT2D eigenvalue weighted by molar-refractivity contribution is 6.02. The summed E-state index contributed by atoms with van der Waals surface area (Å²) in [4.78, 5) is 26.5. The van der Waals surface area contributed by atoms with Gasteiger partial charge in [-0.05, 0) is 62.6 Å². The molecule has 2 aromatic rings. The van der Waals surface area contributed by atoms with E-state index in [4.69, 9.17) is 0 Å². The third-order valence-corrected chi connectivity index (χ3v) is 4.34. The zero-order valence-electron chi connectivity index (χ0n) is 14.8.